The van der Waals surface area contributed by atoms with Gasteiger partial charge in [0.05, 0.1) is 5.02 Å². The van der Waals surface area contributed by atoms with Crippen LogP contribution in [0.4, 0.5) is 0 Å². The highest BCUT2D eigenvalue weighted by Gasteiger charge is 2.07. The molecule has 2 aromatic carbocycles. The van der Waals surface area contributed by atoms with E-state index in [0.29, 0.717) is 17.4 Å². The first-order valence-electron chi connectivity index (χ1n) is 6.12. The first kappa shape index (κ1) is 14.4. The summed E-state index contributed by atoms with van der Waals surface area (Å²) < 4.78 is 6.81. The molecule has 0 aliphatic rings. The average molecular weight is 340 g/mol. The Labute approximate surface area is 127 Å². The van der Waals surface area contributed by atoms with Gasteiger partial charge in [0.2, 0.25) is 0 Å². The summed E-state index contributed by atoms with van der Waals surface area (Å²) in [6.07, 6.45) is 0. The Morgan fingerprint density at radius 2 is 1.68 bits per heavy atom. The zero-order valence-electron chi connectivity index (χ0n) is 11.3. The van der Waals surface area contributed by atoms with Crippen molar-refractivity contribution in [3.05, 3.63) is 62.1 Å². The molecule has 0 amide bonds. The minimum absolute atomic E-state index is 0.536. The second-order valence-electron chi connectivity index (χ2n) is 4.74. The standard InChI is InChI=1S/C16H16BrClO/c1-10-6-11(2)14(12(3)7-10)9-19-16-8-13(17)4-5-15(16)18/h4-8H,9H2,1-3H3. The van der Waals surface area contributed by atoms with E-state index in [2.05, 4.69) is 48.8 Å². The molecular weight excluding hydrogens is 324 g/mol. The Hall–Kier alpha value is -0.990. The highest BCUT2D eigenvalue weighted by Crippen LogP contribution is 2.29. The molecule has 100 valence electrons. The average Bonchev–Trinajstić information content (AvgIpc) is 2.32. The van der Waals surface area contributed by atoms with Crippen LogP contribution < -0.4 is 4.74 Å². The van der Waals surface area contributed by atoms with Crippen molar-refractivity contribution in [3.8, 4) is 5.75 Å². The molecule has 2 aromatic rings. The number of aryl methyl sites for hydroxylation is 3. The van der Waals surface area contributed by atoms with Gasteiger partial charge in [-0.25, -0.2) is 0 Å². The fourth-order valence-corrected chi connectivity index (χ4v) is 2.69. The van der Waals surface area contributed by atoms with Crippen molar-refractivity contribution in [1.82, 2.24) is 0 Å². The molecule has 0 unspecified atom stereocenters. The van der Waals surface area contributed by atoms with Gasteiger partial charge in [0, 0.05) is 4.47 Å². The van der Waals surface area contributed by atoms with Crippen LogP contribution in [0.5, 0.6) is 5.75 Å². The Morgan fingerprint density at radius 3 is 2.32 bits per heavy atom. The van der Waals surface area contributed by atoms with Gasteiger partial charge in [0.25, 0.3) is 0 Å². The minimum atomic E-state index is 0.536. The van der Waals surface area contributed by atoms with Gasteiger partial charge < -0.3 is 4.74 Å². The molecular formula is C16H16BrClO. The van der Waals surface area contributed by atoms with Crippen LogP contribution in [-0.4, -0.2) is 0 Å². The lowest BCUT2D eigenvalue weighted by Crippen LogP contribution is -2.01. The summed E-state index contributed by atoms with van der Waals surface area (Å²) >= 11 is 9.54. The van der Waals surface area contributed by atoms with Crippen LogP contribution >= 0.6 is 27.5 Å². The Kier molecular flexibility index (Phi) is 4.54. The highest BCUT2D eigenvalue weighted by atomic mass is 79.9. The van der Waals surface area contributed by atoms with E-state index in [-0.39, 0.29) is 0 Å². The van der Waals surface area contributed by atoms with Crippen molar-refractivity contribution in [1.29, 1.82) is 0 Å². The summed E-state index contributed by atoms with van der Waals surface area (Å²) in [6.45, 7) is 6.87. The van der Waals surface area contributed by atoms with Crippen LogP contribution in [0.3, 0.4) is 0 Å². The highest BCUT2D eigenvalue weighted by molar-refractivity contribution is 9.10. The van der Waals surface area contributed by atoms with Gasteiger partial charge in [0.1, 0.15) is 12.4 Å². The zero-order valence-corrected chi connectivity index (χ0v) is 13.6. The smallest absolute Gasteiger partial charge is 0.139 e. The van der Waals surface area contributed by atoms with Crippen molar-refractivity contribution in [3.63, 3.8) is 0 Å². The van der Waals surface area contributed by atoms with Crippen molar-refractivity contribution in [2.24, 2.45) is 0 Å². The maximum atomic E-state index is 6.12. The van der Waals surface area contributed by atoms with Crippen LogP contribution in [0, 0.1) is 20.8 Å². The van der Waals surface area contributed by atoms with E-state index in [1.807, 2.05) is 18.2 Å². The number of benzene rings is 2. The Balaban J connectivity index is 2.21. The summed E-state index contributed by atoms with van der Waals surface area (Å²) in [7, 11) is 0. The molecule has 19 heavy (non-hydrogen) atoms. The summed E-state index contributed by atoms with van der Waals surface area (Å²) in [5.41, 5.74) is 5.01. The molecule has 0 aliphatic carbocycles. The van der Waals surface area contributed by atoms with Crippen LogP contribution in [0.25, 0.3) is 0 Å². The van der Waals surface area contributed by atoms with E-state index in [0.717, 1.165) is 4.47 Å². The molecule has 0 N–H and O–H groups in total. The van der Waals surface area contributed by atoms with Crippen molar-refractivity contribution < 1.29 is 4.74 Å². The van der Waals surface area contributed by atoms with Crippen LogP contribution in [0.2, 0.25) is 5.02 Å². The van der Waals surface area contributed by atoms with Crippen LogP contribution in [0.15, 0.2) is 34.8 Å². The Morgan fingerprint density at radius 1 is 1.05 bits per heavy atom. The number of halogens is 2. The number of hydrogen-bond acceptors (Lipinski definition) is 1. The lowest BCUT2D eigenvalue weighted by molar-refractivity contribution is 0.304. The first-order chi connectivity index (χ1) is 8.97. The van der Waals surface area contributed by atoms with Gasteiger partial charge in [-0.05, 0) is 55.7 Å². The summed E-state index contributed by atoms with van der Waals surface area (Å²) in [5, 5.41) is 0.630. The maximum absolute atomic E-state index is 6.12. The quantitative estimate of drug-likeness (QED) is 0.706. The molecule has 0 saturated heterocycles. The number of hydrogen-bond donors (Lipinski definition) is 0. The zero-order chi connectivity index (χ0) is 14.0. The Bertz CT molecular complexity index is 585. The summed E-state index contributed by atoms with van der Waals surface area (Å²) in [6, 6.07) is 9.97. The van der Waals surface area contributed by atoms with Gasteiger partial charge in [0.15, 0.2) is 0 Å². The lowest BCUT2D eigenvalue weighted by atomic mass is 10.0. The van der Waals surface area contributed by atoms with E-state index >= 15 is 0 Å². The van der Waals surface area contributed by atoms with Crippen LogP contribution in [0.1, 0.15) is 22.3 Å². The van der Waals surface area contributed by atoms with Crippen molar-refractivity contribution in [2.75, 3.05) is 0 Å². The maximum Gasteiger partial charge on any atom is 0.139 e. The topological polar surface area (TPSA) is 9.23 Å². The molecule has 0 radical (unpaired) electrons. The van der Waals surface area contributed by atoms with E-state index in [9.17, 15) is 0 Å². The third kappa shape index (κ3) is 3.52. The van der Waals surface area contributed by atoms with Gasteiger partial charge >= 0.3 is 0 Å². The predicted octanol–water partition coefficient (Wildman–Crippen LogP) is 5.61. The molecule has 0 bridgehead atoms. The van der Waals surface area contributed by atoms with Gasteiger partial charge in [-0.15, -0.1) is 0 Å². The number of ether oxygens (including phenoxy) is 1. The summed E-state index contributed by atoms with van der Waals surface area (Å²) in [5.74, 6) is 0.704. The second kappa shape index (κ2) is 5.98. The predicted molar refractivity (Wildman–Crippen MR) is 84.1 cm³/mol. The molecule has 1 nitrogen and oxygen atoms in total. The normalized spacial score (nSPS) is 10.6. The van der Waals surface area contributed by atoms with Gasteiger partial charge in [-0.1, -0.05) is 45.2 Å². The molecule has 0 heterocycles. The molecule has 0 aliphatic heterocycles. The molecule has 3 heteroatoms. The van der Waals surface area contributed by atoms with E-state index in [1.54, 1.807) is 0 Å². The van der Waals surface area contributed by atoms with Crippen LogP contribution in [-0.2, 0) is 6.61 Å². The molecule has 0 spiro atoms. The fraction of sp³-hybridized carbons (Fsp3) is 0.250. The molecule has 0 saturated carbocycles. The van der Waals surface area contributed by atoms with E-state index in [4.69, 9.17) is 16.3 Å². The lowest BCUT2D eigenvalue weighted by Gasteiger charge is -2.13. The SMILES string of the molecule is Cc1cc(C)c(COc2cc(Br)ccc2Cl)c(C)c1. The summed E-state index contributed by atoms with van der Waals surface area (Å²) in [4.78, 5) is 0. The van der Waals surface area contributed by atoms with E-state index in [1.165, 1.54) is 22.3 Å². The fourth-order valence-electron chi connectivity index (χ4n) is 2.18. The van der Waals surface area contributed by atoms with Crippen molar-refractivity contribution >= 4 is 27.5 Å². The third-order valence-corrected chi connectivity index (χ3v) is 3.91. The molecule has 2 rings (SSSR count). The molecule has 0 fully saturated rings. The van der Waals surface area contributed by atoms with Crippen molar-refractivity contribution in [2.45, 2.75) is 27.4 Å². The van der Waals surface area contributed by atoms with E-state index < -0.39 is 0 Å². The minimum Gasteiger partial charge on any atom is -0.487 e. The van der Waals surface area contributed by atoms with Gasteiger partial charge in [-0.3, -0.25) is 0 Å². The first-order valence-corrected chi connectivity index (χ1v) is 7.29. The largest absolute Gasteiger partial charge is 0.487 e. The van der Waals surface area contributed by atoms with Gasteiger partial charge in [-0.2, -0.15) is 0 Å². The molecule has 0 aromatic heterocycles. The molecule has 0 atom stereocenters. The number of rotatable bonds is 3. The second-order valence-corrected chi connectivity index (χ2v) is 6.06. The monoisotopic (exact) mass is 338 g/mol. The third-order valence-electron chi connectivity index (χ3n) is 3.11.